The van der Waals surface area contributed by atoms with E-state index in [-0.39, 0.29) is 27.1 Å². The zero-order chi connectivity index (χ0) is 14.2. The Hall–Kier alpha value is -1.21. The van der Waals surface area contributed by atoms with Crippen molar-refractivity contribution in [1.29, 1.82) is 0 Å². The number of hydrogen-bond acceptors (Lipinski definition) is 3. The van der Waals surface area contributed by atoms with Crippen molar-refractivity contribution >= 4 is 44.7 Å². The van der Waals surface area contributed by atoms with E-state index in [0.29, 0.717) is 18.5 Å². The van der Waals surface area contributed by atoms with Gasteiger partial charge in [0.15, 0.2) is 5.82 Å². The molecule has 1 aliphatic rings. The van der Waals surface area contributed by atoms with Crippen molar-refractivity contribution in [3.63, 3.8) is 0 Å². The van der Waals surface area contributed by atoms with Crippen LogP contribution in [0.2, 0.25) is 0 Å². The van der Waals surface area contributed by atoms with E-state index in [1.807, 2.05) is 0 Å². The molecule has 0 aromatic heterocycles. The van der Waals surface area contributed by atoms with E-state index in [1.54, 1.807) is 24.1 Å². The number of likely N-dealkylation sites (tertiary alicyclic amines) is 1. The van der Waals surface area contributed by atoms with Crippen molar-refractivity contribution in [2.75, 3.05) is 18.9 Å². The number of nitrogens with zero attached hydrogens (tertiary/aromatic N) is 1. The van der Waals surface area contributed by atoms with Gasteiger partial charge in [-0.1, -0.05) is 12.2 Å². The van der Waals surface area contributed by atoms with Crippen molar-refractivity contribution in [3.8, 4) is 0 Å². The summed E-state index contributed by atoms with van der Waals surface area (Å²) in [5.41, 5.74) is 6.19. The van der Waals surface area contributed by atoms with Crippen molar-refractivity contribution in [2.24, 2.45) is 5.73 Å². The molecule has 0 saturated carbocycles. The van der Waals surface area contributed by atoms with Crippen LogP contribution in [0.4, 0.5) is 10.1 Å². The molecular weight excluding hydrogens is 333 g/mol. The predicted molar refractivity (Wildman–Crippen MR) is 79.7 cm³/mol. The standard InChI is InChI=1S/C12H13BrFN3OS/c1-17-5-4-8(12(17)18)16-7-3-2-6(11(15)19)9(13)10(7)14/h2-3,8,16H,4-5H2,1H3,(H2,15,19). The summed E-state index contributed by atoms with van der Waals surface area (Å²) < 4.78 is 14.4. The largest absolute Gasteiger partial charge is 0.389 e. The fraction of sp³-hybridized carbons (Fsp3) is 0.333. The van der Waals surface area contributed by atoms with E-state index in [4.69, 9.17) is 18.0 Å². The third kappa shape index (κ3) is 2.71. The lowest BCUT2D eigenvalue weighted by Crippen LogP contribution is -2.31. The Morgan fingerprint density at radius 3 is 2.84 bits per heavy atom. The number of benzene rings is 1. The highest BCUT2D eigenvalue weighted by molar-refractivity contribution is 9.10. The van der Waals surface area contributed by atoms with Gasteiger partial charge in [-0.15, -0.1) is 0 Å². The molecule has 1 fully saturated rings. The van der Waals surface area contributed by atoms with E-state index in [9.17, 15) is 9.18 Å². The number of thiocarbonyl (C=S) groups is 1. The summed E-state index contributed by atoms with van der Waals surface area (Å²) in [5.74, 6) is -0.526. The van der Waals surface area contributed by atoms with Gasteiger partial charge in [0.1, 0.15) is 11.0 Å². The maximum atomic E-state index is 14.2. The van der Waals surface area contributed by atoms with E-state index < -0.39 is 5.82 Å². The molecule has 1 unspecified atom stereocenters. The maximum absolute atomic E-state index is 14.2. The third-order valence-electron chi connectivity index (χ3n) is 3.11. The Kier molecular flexibility index (Phi) is 4.05. The van der Waals surface area contributed by atoms with Gasteiger partial charge >= 0.3 is 0 Å². The van der Waals surface area contributed by atoms with Gasteiger partial charge in [0.2, 0.25) is 5.91 Å². The molecule has 7 heteroatoms. The minimum absolute atomic E-state index is 0.0334. The average Bonchev–Trinajstić information content (AvgIpc) is 2.66. The molecule has 1 aromatic carbocycles. The van der Waals surface area contributed by atoms with Crippen LogP contribution in [0.15, 0.2) is 16.6 Å². The first-order valence-electron chi connectivity index (χ1n) is 5.71. The second-order valence-electron chi connectivity index (χ2n) is 4.40. The van der Waals surface area contributed by atoms with Gasteiger partial charge in [-0.25, -0.2) is 4.39 Å². The topological polar surface area (TPSA) is 58.4 Å². The Morgan fingerprint density at radius 2 is 2.32 bits per heavy atom. The van der Waals surface area contributed by atoms with Gasteiger partial charge in [-0.3, -0.25) is 4.79 Å². The molecule has 2 rings (SSSR count). The average molecular weight is 346 g/mol. The highest BCUT2D eigenvalue weighted by Gasteiger charge is 2.29. The fourth-order valence-corrected chi connectivity index (χ4v) is 2.86. The lowest BCUT2D eigenvalue weighted by molar-refractivity contribution is -0.127. The number of amides is 1. The van der Waals surface area contributed by atoms with E-state index >= 15 is 0 Å². The van der Waals surface area contributed by atoms with Crippen LogP contribution < -0.4 is 11.1 Å². The summed E-state index contributed by atoms with van der Waals surface area (Å²) in [6.45, 7) is 0.671. The number of carbonyl (C=O) groups is 1. The molecule has 1 atom stereocenters. The number of halogens is 2. The molecule has 1 aliphatic heterocycles. The second-order valence-corrected chi connectivity index (χ2v) is 5.63. The van der Waals surface area contributed by atoms with Gasteiger partial charge in [-0.2, -0.15) is 0 Å². The second kappa shape index (κ2) is 5.42. The summed E-state index contributed by atoms with van der Waals surface area (Å²) >= 11 is 7.96. The quantitative estimate of drug-likeness (QED) is 0.821. The zero-order valence-corrected chi connectivity index (χ0v) is 12.6. The number of nitrogens with two attached hydrogens (primary N) is 1. The highest BCUT2D eigenvalue weighted by atomic mass is 79.9. The van der Waals surface area contributed by atoms with Gasteiger partial charge in [0.25, 0.3) is 0 Å². The van der Waals surface area contributed by atoms with Gasteiger partial charge < -0.3 is 16.0 Å². The lowest BCUT2D eigenvalue weighted by Gasteiger charge is -2.15. The molecule has 0 spiro atoms. The lowest BCUT2D eigenvalue weighted by atomic mass is 10.1. The van der Waals surface area contributed by atoms with Gasteiger partial charge in [0, 0.05) is 19.2 Å². The van der Waals surface area contributed by atoms with Crippen LogP contribution in [-0.4, -0.2) is 35.4 Å². The number of likely N-dealkylation sites (N-methyl/N-ethyl adjacent to an activating group) is 1. The number of carbonyl (C=O) groups excluding carboxylic acids is 1. The van der Waals surface area contributed by atoms with Crippen LogP contribution in [0.1, 0.15) is 12.0 Å². The summed E-state index contributed by atoms with van der Waals surface area (Å²) in [6.07, 6.45) is 0.656. The minimum Gasteiger partial charge on any atom is -0.389 e. The van der Waals surface area contributed by atoms with E-state index in [1.165, 1.54) is 0 Å². The summed E-state index contributed by atoms with van der Waals surface area (Å²) in [4.78, 5) is 13.5. The van der Waals surface area contributed by atoms with Gasteiger partial charge in [0.05, 0.1) is 10.2 Å². The van der Waals surface area contributed by atoms with Crippen molar-refractivity contribution in [3.05, 3.63) is 28.0 Å². The Bertz CT molecular complexity index is 552. The van der Waals surface area contributed by atoms with Crippen LogP contribution in [0, 0.1) is 5.82 Å². The van der Waals surface area contributed by atoms with Crippen LogP contribution in [0.5, 0.6) is 0 Å². The Morgan fingerprint density at radius 1 is 1.63 bits per heavy atom. The SMILES string of the molecule is CN1CCC(Nc2ccc(C(N)=S)c(Br)c2F)C1=O. The van der Waals surface area contributed by atoms with Crippen molar-refractivity contribution in [1.82, 2.24) is 4.90 Å². The molecule has 1 saturated heterocycles. The fourth-order valence-electron chi connectivity index (χ4n) is 2.00. The highest BCUT2D eigenvalue weighted by Crippen LogP contribution is 2.28. The third-order valence-corrected chi connectivity index (χ3v) is 4.10. The first-order valence-corrected chi connectivity index (χ1v) is 6.91. The smallest absolute Gasteiger partial charge is 0.244 e. The molecule has 0 radical (unpaired) electrons. The number of hydrogen-bond donors (Lipinski definition) is 2. The number of anilines is 1. The van der Waals surface area contributed by atoms with Gasteiger partial charge in [-0.05, 0) is 34.5 Å². The Balaban J connectivity index is 2.25. The normalized spacial score (nSPS) is 18.8. The van der Waals surface area contributed by atoms with Crippen LogP contribution in [0.25, 0.3) is 0 Å². The molecule has 1 amide bonds. The molecule has 3 N–H and O–H groups in total. The molecule has 4 nitrogen and oxygen atoms in total. The van der Waals surface area contributed by atoms with Crippen molar-refractivity contribution < 1.29 is 9.18 Å². The molecule has 1 aromatic rings. The van der Waals surface area contributed by atoms with E-state index in [2.05, 4.69) is 21.2 Å². The molecule has 0 aliphatic carbocycles. The monoisotopic (exact) mass is 345 g/mol. The maximum Gasteiger partial charge on any atom is 0.244 e. The minimum atomic E-state index is -0.493. The van der Waals surface area contributed by atoms with Crippen LogP contribution >= 0.6 is 28.1 Å². The summed E-state index contributed by atoms with van der Waals surface area (Å²) in [5, 5.41) is 2.92. The summed E-state index contributed by atoms with van der Waals surface area (Å²) in [7, 11) is 1.73. The predicted octanol–water partition coefficient (Wildman–Crippen LogP) is 1.86. The zero-order valence-electron chi connectivity index (χ0n) is 10.2. The number of nitrogens with one attached hydrogen (secondary N) is 1. The molecule has 102 valence electrons. The van der Waals surface area contributed by atoms with E-state index in [0.717, 1.165) is 0 Å². The molecule has 19 heavy (non-hydrogen) atoms. The van der Waals surface area contributed by atoms with Crippen molar-refractivity contribution in [2.45, 2.75) is 12.5 Å². The Labute approximate surface area is 124 Å². The molecule has 0 bridgehead atoms. The van der Waals surface area contributed by atoms with Crippen LogP contribution in [-0.2, 0) is 4.79 Å². The first kappa shape index (κ1) is 14.2. The molecular formula is C12H13BrFN3OS. The first-order chi connectivity index (χ1) is 8.91. The summed E-state index contributed by atoms with van der Waals surface area (Å²) in [6, 6.07) is 2.78. The molecule has 1 heterocycles. The number of rotatable bonds is 3. The van der Waals surface area contributed by atoms with Crippen LogP contribution in [0.3, 0.4) is 0 Å².